The molecule has 0 aliphatic heterocycles. The number of carbonyl (C=O) groups is 2. The highest BCUT2D eigenvalue weighted by molar-refractivity contribution is 7.18. The van der Waals surface area contributed by atoms with E-state index in [2.05, 4.69) is 5.32 Å². The summed E-state index contributed by atoms with van der Waals surface area (Å²) < 4.78 is 5.25. The minimum Gasteiger partial charge on any atom is -0.477 e. The van der Waals surface area contributed by atoms with Crippen molar-refractivity contribution in [2.24, 2.45) is 0 Å². The molecular formula is C17H13NO4S. The topological polar surface area (TPSA) is 79.5 Å². The molecule has 6 heteroatoms. The van der Waals surface area contributed by atoms with Gasteiger partial charge in [0.2, 0.25) is 0 Å². The fraction of sp³-hybridized carbons (Fsp3) is 0.0588. The first-order valence-electron chi connectivity index (χ1n) is 6.85. The molecule has 2 heterocycles. The molecule has 23 heavy (non-hydrogen) atoms. The van der Waals surface area contributed by atoms with Gasteiger partial charge < -0.3 is 14.8 Å². The van der Waals surface area contributed by atoms with Crippen molar-refractivity contribution in [1.29, 1.82) is 0 Å². The highest BCUT2D eigenvalue weighted by Crippen LogP contribution is 2.35. The summed E-state index contributed by atoms with van der Waals surface area (Å²) >= 11 is 1.12. The number of carboxylic acids is 1. The van der Waals surface area contributed by atoms with Gasteiger partial charge in [0.25, 0.3) is 5.91 Å². The van der Waals surface area contributed by atoms with Crippen LogP contribution in [0.4, 0.5) is 5.69 Å². The number of aryl methyl sites for hydroxylation is 1. The molecule has 3 aromatic rings. The van der Waals surface area contributed by atoms with E-state index in [-0.39, 0.29) is 16.3 Å². The predicted octanol–water partition coefficient (Wildman–Crippen LogP) is 4.27. The first kappa shape index (κ1) is 15.1. The lowest BCUT2D eigenvalue weighted by atomic mass is 10.2. The second-order valence-electron chi connectivity index (χ2n) is 4.89. The Labute approximate surface area is 136 Å². The summed E-state index contributed by atoms with van der Waals surface area (Å²) in [6, 6.07) is 14.3. The maximum atomic E-state index is 12.2. The van der Waals surface area contributed by atoms with Crippen LogP contribution >= 0.6 is 11.3 Å². The van der Waals surface area contributed by atoms with Crippen LogP contribution < -0.4 is 5.32 Å². The van der Waals surface area contributed by atoms with Crippen molar-refractivity contribution in [3.63, 3.8) is 0 Å². The van der Waals surface area contributed by atoms with Crippen LogP contribution in [0.2, 0.25) is 0 Å². The van der Waals surface area contributed by atoms with E-state index in [0.29, 0.717) is 5.76 Å². The SMILES string of the molecule is Cc1ccc(C(=O)Nc2cc(-c3ccccc3)sc2C(=O)O)o1. The molecule has 0 radical (unpaired) electrons. The zero-order chi connectivity index (χ0) is 16.4. The molecule has 1 amide bonds. The van der Waals surface area contributed by atoms with Crippen LogP contribution in [0.15, 0.2) is 52.9 Å². The number of rotatable bonds is 4. The second-order valence-corrected chi connectivity index (χ2v) is 5.94. The predicted molar refractivity (Wildman–Crippen MR) is 88.1 cm³/mol. The average Bonchev–Trinajstić information content (AvgIpc) is 3.15. The molecule has 3 rings (SSSR count). The Morgan fingerprint density at radius 1 is 1.13 bits per heavy atom. The summed E-state index contributed by atoms with van der Waals surface area (Å²) in [5.41, 5.74) is 1.16. The molecule has 0 saturated carbocycles. The van der Waals surface area contributed by atoms with E-state index < -0.39 is 11.9 Å². The number of carboxylic acid groups (broad SMARTS) is 1. The fourth-order valence-electron chi connectivity index (χ4n) is 2.13. The third-order valence-electron chi connectivity index (χ3n) is 3.20. The van der Waals surface area contributed by atoms with Crippen molar-refractivity contribution in [1.82, 2.24) is 0 Å². The molecule has 0 aliphatic rings. The Kier molecular flexibility index (Phi) is 3.99. The summed E-state index contributed by atoms with van der Waals surface area (Å²) in [7, 11) is 0. The molecule has 0 spiro atoms. The standard InChI is InChI=1S/C17H13NO4S/c1-10-7-8-13(22-10)16(19)18-12-9-14(23-15(12)17(20)21)11-5-3-2-4-6-11/h2-9H,1H3,(H,18,19)(H,20,21). The number of nitrogens with one attached hydrogen (secondary N) is 1. The first-order valence-corrected chi connectivity index (χ1v) is 7.66. The summed E-state index contributed by atoms with van der Waals surface area (Å²) in [6.07, 6.45) is 0. The highest BCUT2D eigenvalue weighted by atomic mass is 32.1. The van der Waals surface area contributed by atoms with Gasteiger partial charge in [-0.3, -0.25) is 4.79 Å². The fourth-order valence-corrected chi connectivity index (χ4v) is 3.09. The molecule has 0 bridgehead atoms. The van der Waals surface area contributed by atoms with Crippen LogP contribution in [-0.4, -0.2) is 17.0 Å². The van der Waals surface area contributed by atoms with Gasteiger partial charge in [-0.1, -0.05) is 30.3 Å². The normalized spacial score (nSPS) is 10.5. The first-order chi connectivity index (χ1) is 11.0. The van der Waals surface area contributed by atoms with Crippen molar-refractivity contribution >= 4 is 28.9 Å². The molecule has 0 fully saturated rings. The van der Waals surface area contributed by atoms with Crippen LogP contribution in [0.1, 0.15) is 26.0 Å². The zero-order valence-electron chi connectivity index (χ0n) is 12.2. The van der Waals surface area contributed by atoms with Crippen LogP contribution in [0.3, 0.4) is 0 Å². The van der Waals surface area contributed by atoms with Crippen LogP contribution in [-0.2, 0) is 0 Å². The molecule has 5 nitrogen and oxygen atoms in total. The zero-order valence-corrected chi connectivity index (χ0v) is 13.0. The maximum absolute atomic E-state index is 12.2. The van der Waals surface area contributed by atoms with Crippen molar-refractivity contribution in [3.05, 3.63) is 64.9 Å². The van der Waals surface area contributed by atoms with Gasteiger partial charge in [-0.15, -0.1) is 11.3 Å². The van der Waals surface area contributed by atoms with Gasteiger partial charge in [-0.2, -0.15) is 0 Å². The summed E-state index contributed by atoms with van der Waals surface area (Å²) in [6.45, 7) is 1.73. The number of furan rings is 1. The smallest absolute Gasteiger partial charge is 0.348 e. The van der Waals surface area contributed by atoms with E-state index in [0.717, 1.165) is 21.8 Å². The maximum Gasteiger partial charge on any atom is 0.348 e. The summed E-state index contributed by atoms with van der Waals surface area (Å²) in [5, 5.41) is 12.0. The Morgan fingerprint density at radius 2 is 1.87 bits per heavy atom. The largest absolute Gasteiger partial charge is 0.477 e. The highest BCUT2D eigenvalue weighted by Gasteiger charge is 2.19. The second kappa shape index (κ2) is 6.10. The Balaban J connectivity index is 1.93. The van der Waals surface area contributed by atoms with Gasteiger partial charge in [-0.25, -0.2) is 4.79 Å². The monoisotopic (exact) mass is 327 g/mol. The molecule has 0 aliphatic carbocycles. The van der Waals surface area contributed by atoms with Gasteiger partial charge >= 0.3 is 5.97 Å². The minimum atomic E-state index is -1.08. The number of amides is 1. The number of carbonyl (C=O) groups excluding carboxylic acids is 1. The number of benzene rings is 1. The lowest BCUT2D eigenvalue weighted by Crippen LogP contribution is -2.12. The number of hydrogen-bond acceptors (Lipinski definition) is 4. The molecule has 2 aromatic heterocycles. The number of thiophene rings is 1. The molecule has 0 saturated heterocycles. The molecule has 1 aromatic carbocycles. The van der Waals surface area contributed by atoms with Crippen molar-refractivity contribution in [2.45, 2.75) is 6.92 Å². The van der Waals surface area contributed by atoms with Gasteiger partial charge in [0.05, 0.1) is 5.69 Å². The van der Waals surface area contributed by atoms with E-state index in [1.165, 1.54) is 0 Å². The minimum absolute atomic E-state index is 0.0838. The van der Waals surface area contributed by atoms with Gasteiger partial charge in [0.1, 0.15) is 10.6 Å². The quantitative estimate of drug-likeness (QED) is 0.750. The summed E-state index contributed by atoms with van der Waals surface area (Å²) in [4.78, 5) is 24.4. The van der Waals surface area contributed by atoms with E-state index in [1.54, 1.807) is 25.1 Å². The van der Waals surface area contributed by atoms with E-state index >= 15 is 0 Å². The molecule has 0 unspecified atom stereocenters. The van der Waals surface area contributed by atoms with Crippen molar-refractivity contribution in [3.8, 4) is 10.4 Å². The molecule has 2 N–H and O–H groups in total. The Morgan fingerprint density at radius 3 is 2.48 bits per heavy atom. The lowest BCUT2D eigenvalue weighted by Gasteiger charge is -2.01. The molecule has 116 valence electrons. The van der Waals surface area contributed by atoms with Gasteiger partial charge in [0.15, 0.2) is 5.76 Å². The van der Waals surface area contributed by atoms with Gasteiger partial charge in [0, 0.05) is 4.88 Å². The average molecular weight is 327 g/mol. The van der Waals surface area contributed by atoms with Crippen LogP contribution in [0.5, 0.6) is 0 Å². The summed E-state index contributed by atoms with van der Waals surface area (Å²) in [5.74, 6) is -0.795. The van der Waals surface area contributed by atoms with E-state index in [4.69, 9.17) is 4.42 Å². The lowest BCUT2D eigenvalue weighted by molar-refractivity contribution is 0.0703. The third-order valence-corrected chi connectivity index (χ3v) is 4.37. The van der Waals surface area contributed by atoms with Crippen LogP contribution in [0, 0.1) is 6.92 Å². The van der Waals surface area contributed by atoms with Crippen molar-refractivity contribution < 1.29 is 19.1 Å². The number of anilines is 1. The molecule has 0 atom stereocenters. The Bertz CT molecular complexity index is 864. The number of aromatic carboxylic acids is 1. The van der Waals surface area contributed by atoms with E-state index in [1.807, 2.05) is 30.3 Å². The third kappa shape index (κ3) is 3.17. The number of hydrogen-bond donors (Lipinski definition) is 2. The van der Waals surface area contributed by atoms with Crippen LogP contribution in [0.25, 0.3) is 10.4 Å². The Hall–Kier alpha value is -2.86. The van der Waals surface area contributed by atoms with Gasteiger partial charge in [-0.05, 0) is 30.7 Å². The van der Waals surface area contributed by atoms with E-state index in [9.17, 15) is 14.7 Å². The molecular weight excluding hydrogens is 314 g/mol. The van der Waals surface area contributed by atoms with Crippen molar-refractivity contribution in [2.75, 3.05) is 5.32 Å².